The van der Waals surface area contributed by atoms with Crippen LogP contribution in [0.25, 0.3) is 0 Å². The Kier molecular flexibility index (Phi) is 7.87. The van der Waals surface area contributed by atoms with Gasteiger partial charge in [-0.05, 0) is 49.2 Å². The fourth-order valence-corrected chi connectivity index (χ4v) is 3.74. The Hall–Kier alpha value is -3.47. The number of rotatable bonds is 8. The van der Waals surface area contributed by atoms with Crippen LogP contribution >= 0.6 is 0 Å². The third-order valence-electron chi connectivity index (χ3n) is 5.40. The van der Waals surface area contributed by atoms with Gasteiger partial charge in [0.1, 0.15) is 0 Å². The number of halogens is 3. The van der Waals surface area contributed by atoms with Crippen molar-refractivity contribution in [2.75, 3.05) is 32.0 Å². The molecule has 0 aromatic heterocycles. The summed E-state index contributed by atoms with van der Waals surface area (Å²) in [7, 11) is 0. The lowest BCUT2D eigenvalue weighted by Gasteiger charge is -2.18. The molecule has 8 nitrogen and oxygen atoms in total. The monoisotopic (exact) mass is 480 g/mol. The van der Waals surface area contributed by atoms with Gasteiger partial charge in [-0.1, -0.05) is 6.07 Å². The van der Waals surface area contributed by atoms with Crippen molar-refractivity contribution < 1.29 is 32.6 Å². The Morgan fingerprint density at radius 3 is 2.71 bits per heavy atom. The Morgan fingerprint density at radius 1 is 1.24 bits per heavy atom. The highest BCUT2D eigenvalue weighted by Gasteiger charge is 2.31. The van der Waals surface area contributed by atoms with Gasteiger partial charge in [-0.15, -0.1) is 0 Å². The number of carbonyl (C=O) groups excluding carboxylic acids is 2. The van der Waals surface area contributed by atoms with E-state index in [4.69, 9.17) is 10.5 Å². The number of nitrogens with zero attached hydrogens (tertiary/aromatic N) is 1. The molecule has 0 aliphatic carbocycles. The van der Waals surface area contributed by atoms with Gasteiger partial charge in [-0.2, -0.15) is 13.2 Å². The maximum Gasteiger partial charge on any atom is 0.416 e. The zero-order valence-electron chi connectivity index (χ0n) is 18.6. The molecule has 2 amide bonds. The number of phenols is 1. The van der Waals surface area contributed by atoms with Crippen LogP contribution in [0, 0.1) is 0 Å². The average Bonchev–Trinajstić information content (AvgIpc) is 3.20. The molecule has 0 bridgehead atoms. The van der Waals surface area contributed by atoms with Gasteiger partial charge >= 0.3 is 6.18 Å². The summed E-state index contributed by atoms with van der Waals surface area (Å²) in [5.41, 5.74) is 5.14. The van der Waals surface area contributed by atoms with Crippen LogP contribution in [0.3, 0.4) is 0 Å². The van der Waals surface area contributed by atoms with Crippen molar-refractivity contribution in [1.29, 1.82) is 0 Å². The summed E-state index contributed by atoms with van der Waals surface area (Å²) in [6, 6.07) is 7.49. The standard InChI is InChI=1S/C23H27F3N4O4/c1-2-34-20-9-14(3-6-19(20)31)12-30-8-7-16(13-30)29-21(32)11-28-22(33)17-10-15(23(24,25)26)4-5-18(17)27/h3-6,9-10,16,31H,2,7-8,11-13,27H2,1H3,(H,28,33)(H,29,32)/t16-/m1/s1. The van der Waals surface area contributed by atoms with Crippen molar-refractivity contribution in [3.05, 3.63) is 53.1 Å². The number of likely N-dealkylation sites (tertiary alicyclic amines) is 1. The van der Waals surface area contributed by atoms with Gasteiger partial charge in [0.15, 0.2) is 11.5 Å². The number of phenolic OH excluding ortho intramolecular Hbond substituents is 1. The highest BCUT2D eigenvalue weighted by atomic mass is 19.4. The molecule has 1 fully saturated rings. The van der Waals surface area contributed by atoms with E-state index < -0.39 is 23.6 Å². The lowest BCUT2D eigenvalue weighted by Crippen LogP contribution is -2.43. The molecular formula is C23H27F3N4O4. The lowest BCUT2D eigenvalue weighted by atomic mass is 10.1. The highest BCUT2D eigenvalue weighted by molar-refractivity contribution is 6.00. The van der Waals surface area contributed by atoms with E-state index in [0.29, 0.717) is 37.9 Å². The van der Waals surface area contributed by atoms with E-state index in [1.54, 1.807) is 18.2 Å². The van der Waals surface area contributed by atoms with Gasteiger partial charge in [-0.25, -0.2) is 0 Å². The van der Waals surface area contributed by atoms with Crippen LogP contribution in [0.15, 0.2) is 36.4 Å². The Bertz CT molecular complexity index is 1050. The first-order valence-electron chi connectivity index (χ1n) is 10.8. The molecule has 3 rings (SSSR count). The molecule has 1 heterocycles. The zero-order valence-corrected chi connectivity index (χ0v) is 18.6. The van der Waals surface area contributed by atoms with E-state index in [2.05, 4.69) is 15.5 Å². The summed E-state index contributed by atoms with van der Waals surface area (Å²) in [6.07, 6.45) is -3.91. The van der Waals surface area contributed by atoms with E-state index in [1.807, 2.05) is 6.92 Å². The van der Waals surface area contributed by atoms with E-state index in [-0.39, 0.29) is 29.6 Å². The summed E-state index contributed by atoms with van der Waals surface area (Å²) in [5.74, 6) is -0.814. The second kappa shape index (κ2) is 10.6. The van der Waals surface area contributed by atoms with E-state index in [0.717, 1.165) is 24.2 Å². The smallest absolute Gasteiger partial charge is 0.416 e. The van der Waals surface area contributed by atoms with Crippen LogP contribution in [-0.2, 0) is 17.5 Å². The van der Waals surface area contributed by atoms with Gasteiger partial charge in [0.25, 0.3) is 5.91 Å². The van der Waals surface area contributed by atoms with Crippen molar-refractivity contribution in [1.82, 2.24) is 15.5 Å². The van der Waals surface area contributed by atoms with Crippen LogP contribution in [0.4, 0.5) is 18.9 Å². The molecule has 0 unspecified atom stereocenters. The predicted molar refractivity (Wildman–Crippen MR) is 119 cm³/mol. The molecule has 1 saturated heterocycles. The lowest BCUT2D eigenvalue weighted by molar-refractivity contribution is -0.137. The van der Waals surface area contributed by atoms with Crippen LogP contribution in [0.5, 0.6) is 11.5 Å². The van der Waals surface area contributed by atoms with Gasteiger partial charge < -0.3 is 26.2 Å². The number of carbonyl (C=O) groups is 2. The molecule has 0 saturated carbocycles. The summed E-state index contributed by atoms with van der Waals surface area (Å²) in [4.78, 5) is 26.7. The molecular weight excluding hydrogens is 453 g/mol. The average molecular weight is 480 g/mol. The summed E-state index contributed by atoms with van der Waals surface area (Å²) < 4.78 is 44.1. The number of nitrogens with two attached hydrogens (primary N) is 1. The van der Waals surface area contributed by atoms with Crippen molar-refractivity contribution in [2.45, 2.75) is 32.1 Å². The maximum atomic E-state index is 12.9. The number of anilines is 1. The molecule has 5 N–H and O–H groups in total. The molecule has 11 heteroatoms. The number of benzene rings is 2. The Morgan fingerprint density at radius 2 is 2.00 bits per heavy atom. The molecule has 2 aromatic carbocycles. The first-order chi connectivity index (χ1) is 16.1. The van der Waals surface area contributed by atoms with Crippen molar-refractivity contribution in [2.24, 2.45) is 0 Å². The summed E-state index contributed by atoms with van der Waals surface area (Å²) in [6.45, 7) is 3.82. The van der Waals surface area contributed by atoms with E-state index >= 15 is 0 Å². The normalized spacial score (nSPS) is 16.3. The number of nitrogen functional groups attached to an aromatic ring is 1. The van der Waals surface area contributed by atoms with Gasteiger partial charge in [0.05, 0.1) is 24.3 Å². The first-order valence-corrected chi connectivity index (χ1v) is 10.8. The first kappa shape index (κ1) is 25.2. The van der Waals surface area contributed by atoms with Gasteiger partial charge in [-0.3, -0.25) is 14.5 Å². The molecule has 0 radical (unpaired) electrons. The minimum Gasteiger partial charge on any atom is -0.504 e. The number of hydrogen-bond donors (Lipinski definition) is 4. The zero-order chi connectivity index (χ0) is 24.9. The van der Waals surface area contributed by atoms with Crippen LogP contribution in [0.2, 0.25) is 0 Å². The van der Waals surface area contributed by atoms with E-state index in [9.17, 15) is 27.9 Å². The topological polar surface area (TPSA) is 117 Å². The second-order valence-electron chi connectivity index (χ2n) is 8.01. The number of alkyl halides is 3. The number of amides is 2. The van der Waals surface area contributed by atoms with Gasteiger partial charge in [0, 0.05) is 31.4 Å². The fourth-order valence-electron chi connectivity index (χ4n) is 3.74. The molecule has 1 aliphatic rings. The molecule has 184 valence electrons. The predicted octanol–water partition coefficient (Wildman–Crippen LogP) is 2.51. The third-order valence-corrected chi connectivity index (χ3v) is 5.40. The highest BCUT2D eigenvalue weighted by Crippen LogP contribution is 2.31. The Labute approximate surface area is 194 Å². The molecule has 2 aromatic rings. The van der Waals surface area contributed by atoms with Crippen molar-refractivity contribution in [3.63, 3.8) is 0 Å². The quantitative estimate of drug-likeness (QED) is 0.432. The third kappa shape index (κ3) is 6.53. The van der Waals surface area contributed by atoms with E-state index in [1.165, 1.54) is 0 Å². The summed E-state index contributed by atoms with van der Waals surface area (Å²) in [5, 5.41) is 15.0. The number of ether oxygens (including phenoxy) is 1. The minimum absolute atomic E-state index is 0.0751. The number of nitrogens with one attached hydrogen (secondary N) is 2. The molecule has 1 aliphatic heterocycles. The molecule has 34 heavy (non-hydrogen) atoms. The maximum absolute atomic E-state index is 12.9. The van der Waals surface area contributed by atoms with Crippen molar-refractivity contribution >= 4 is 17.5 Å². The van der Waals surface area contributed by atoms with Crippen LogP contribution < -0.4 is 21.1 Å². The van der Waals surface area contributed by atoms with Crippen LogP contribution in [0.1, 0.15) is 34.8 Å². The molecule has 1 atom stereocenters. The largest absolute Gasteiger partial charge is 0.504 e. The molecule has 0 spiro atoms. The number of hydrogen-bond acceptors (Lipinski definition) is 6. The summed E-state index contributed by atoms with van der Waals surface area (Å²) >= 11 is 0. The van der Waals surface area contributed by atoms with Crippen LogP contribution in [-0.4, -0.2) is 54.1 Å². The van der Waals surface area contributed by atoms with Gasteiger partial charge in [0.2, 0.25) is 5.91 Å². The fraction of sp³-hybridized carbons (Fsp3) is 0.391. The minimum atomic E-state index is -4.61. The number of aromatic hydroxyl groups is 1. The second-order valence-corrected chi connectivity index (χ2v) is 8.01. The SMILES string of the molecule is CCOc1cc(CN2CC[C@@H](NC(=O)CNC(=O)c3cc(C(F)(F)F)ccc3N)C2)ccc1O. The Balaban J connectivity index is 1.48. The van der Waals surface area contributed by atoms with Crippen molar-refractivity contribution in [3.8, 4) is 11.5 Å².